The highest BCUT2D eigenvalue weighted by atomic mass is 127. The van der Waals surface area contributed by atoms with E-state index in [-0.39, 0.29) is 12.4 Å². The molecule has 0 aliphatic heterocycles. The number of esters is 1. The minimum Gasteiger partial charge on any atom is -0.464 e. The molecule has 21 heavy (non-hydrogen) atoms. The van der Waals surface area contributed by atoms with Crippen LogP contribution < -0.4 is 0 Å². The number of nitrogens with zero attached hydrogens (tertiary/aromatic N) is 2. The maximum atomic E-state index is 11.9. The van der Waals surface area contributed by atoms with E-state index in [2.05, 4.69) is 27.6 Å². The Balaban J connectivity index is 2.26. The predicted octanol–water partition coefficient (Wildman–Crippen LogP) is 2.31. The zero-order valence-electron chi connectivity index (χ0n) is 11.9. The second-order valence-corrected chi connectivity index (χ2v) is 6.04. The van der Waals surface area contributed by atoms with E-state index in [0.29, 0.717) is 6.54 Å². The zero-order chi connectivity index (χ0) is 15.5. The van der Waals surface area contributed by atoms with Crippen LogP contribution in [0.3, 0.4) is 0 Å². The van der Waals surface area contributed by atoms with Gasteiger partial charge in [0.2, 0.25) is 5.60 Å². The summed E-state index contributed by atoms with van der Waals surface area (Å²) in [5, 5.41) is 10.4. The standard InChI is InChI=1S/C15H17IN2O3/c1-3-21-14(19)15(2,20)13-17-8-9-18(13)10-11-4-6-12(16)7-5-11/h4-9,20H,3,10H2,1-2H3. The van der Waals surface area contributed by atoms with Crippen molar-refractivity contribution in [2.24, 2.45) is 0 Å². The molecule has 5 nitrogen and oxygen atoms in total. The fourth-order valence-corrected chi connectivity index (χ4v) is 2.37. The van der Waals surface area contributed by atoms with Gasteiger partial charge in [0, 0.05) is 22.5 Å². The number of aromatic nitrogens is 2. The summed E-state index contributed by atoms with van der Waals surface area (Å²) in [5.74, 6) is -0.417. The number of ether oxygens (including phenoxy) is 1. The Labute approximate surface area is 137 Å². The molecule has 0 bridgehead atoms. The van der Waals surface area contributed by atoms with E-state index < -0.39 is 11.6 Å². The summed E-state index contributed by atoms with van der Waals surface area (Å²) in [6.07, 6.45) is 3.30. The number of benzene rings is 1. The highest BCUT2D eigenvalue weighted by molar-refractivity contribution is 14.1. The third-order valence-electron chi connectivity index (χ3n) is 3.09. The van der Waals surface area contributed by atoms with Crippen LogP contribution in [0, 0.1) is 3.57 Å². The van der Waals surface area contributed by atoms with Gasteiger partial charge in [-0.15, -0.1) is 0 Å². The average molecular weight is 400 g/mol. The van der Waals surface area contributed by atoms with E-state index in [1.807, 2.05) is 24.3 Å². The first-order valence-corrected chi connectivity index (χ1v) is 7.68. The summed E-state index contributed by atoms with van der Waals surface area (Å²) in [4.78, 5) is 16.0. The smallest absolute Gasteiger partial charge is 0.345 e. The van der Waals surface area contributed by atoms with Crippen LogP contribution in [-0.2, 0) is 21.7 Å². The zero-order valence-corrected chi connectivity index (χ0v) is 14.1. The number of imidazole rings is 1. The molecule has 6 heteroatoms. The van der Waals surface area contributed by atoms with Gasteiger partial charge in [0.1, 0.15) is 0 Å². The van der Waals surface area contributed by atoms with Crippen LogP contribution in [0.4, 0.5) is 0 Å². The molecule has 0 radical (unpaired) electrons. The van der Waals surface area contributed by atoms with Crippen molar-refractivity contribution in [1.82, 2.24) is 9.55 Å². The quantitative estimate of drug-likeness (QED) is 0.618. The van der Waals surface area contributed by atoms with Gasteiger partial charge in [-0.1, -0.05) is 12.1 Å². The topological polar surface area (TPSA) is 64.3 Å². The molecule has 1 aromatic carbocycles. The van der Waals surface area contributed by atoms with Gasteiger partial charge < -0.3 is 14.4 Å². The Kier molecular flexibility index (Phi) is 5.00. The van der Waals surface area contributed by atoms with Gasteiger partial charge in [0.05, 0.1) is 6.61 Å². The summed E-state index contributed by atoms with van der Waals surface area (Å²) in [7, 11) is 0. The van der Waals surface area contributed by atoms with Crippen LogP contribution in [0.2, 0.25) is 0 Å². The van der Waals surface area contributed by atoms with Crippen molar-refractivity contribution in [2.45, 2.75) is 26.0 Å². The van der Waals surface area contributed by atoms with E-state index in [1.165, 1.54) is 6.92 Å². The lowest BCUT2D eigenvalue weighted by Crippen LogP contribution is -2.37. The Morgan fingerprint density at radius 1 is 1.43 bits per heavy atom. The van der Waals surface area contributed by atoms with Crippen LogP contribution in [0.15, 0.2) is 36.7 Å². The lowest BCUT2D eigenvalue weighted by atomic mass is 10.1. The monoisotopic (exact) mass is 400 g/mol. The van der Waals surface area contributed by atoms with Crippen LogP contribution in [0.5, 0.6) is 0 Å². The summed E-state index contributed by atoms with van der Waals surface area (Å²) in [6.45, 7) is 3.85. The van der Waals surface area contributed by atoms with Crippen molar-refractivity contribution in [2.75, 3.05) is 6.61 Å². The Hall–Kier alpha value is -1.41. The summed E-state index contributed by atoms with van der Waals surface area (Å²) in [6, 6.07) is 8.03. The lowest BCUT2D eigenvalue weighted by Gasteiger charge is -2.21. The molecule has 0 amide bonds. The van der Waals surface area contributed by atoms with Gasteiger partial charge in [0.25, 0.3) is 0 Å². The number of hydrogen-bond donors (Lipinski definition) is 1. The molecule has 0 fully saturated rings. The van der Waals surface area contributed by atoms with E-state index in [1.54, 1.807) is 23.9 Å². The second kappa shape index (κ2) is 6.57. The van der Waals surface area contributed by atoms with Gasteiger partial charge in [-0.05, 0) is 54.1 Å². The summed E-state index contributed by atoms with van der Waals surface area (Å²) >= 11 is 2.24. The number of aliphatic hydroxyl groups is 1. The predicted molar refractivity (Wildman–Crippen MR) is 86.7 cm³/mol. The van der Waals surface area contributed by atoms with Crippen molar-refractivity contribution in [3.8, 4) is 0 Å². The molecule has 1 aromatic heterocycles. The maximum Gasteiger partial charge on any atom is 0.345 e. The van der Waals surface area contributed by atoms with E-state index >= 15 is 0 Å². The Bertz CT molecular complexity index is 620. The van der Waals surface area contributed by atoms with Crippen molar-refractivity contribution in [3.63, 3.8) is 0 Å². The van der Waals surface area contributed by atoms with Gasteiger partial charge in [-0.3, -0.25) is 0 Å². The normalized spacial score (nSPS) is 13.7. The van der Waals surface area contributed by atoms with Crippen LogP contribution in [0.1, 0.15) is 25.2 Å². The SMILES string of the molecule is CCOC(=O)C(C)(O)c1nccn1Cc1ccc(I)cc1. The number of carbonyl (C=O) groups is 1. The third kappa shape index (κ3) is 3.62. The molecule has 2 rings (SSSR count). The first kappa shape index (κ1) is 16.0. The molecule has 1 unspecified atom stereocenters. The molecule has 1 atom stereocenters. The fraction of sp³-hybridized carbons (Fsp3) is 0.333. The largest absolute Gasteiger partial charge is 0.464 e. The van der Waals surface area contributed by atoms with Gasteiger partial charge in [-0.2, -0.15) is 0 Å². The van der Waals surface area contributed by atoms with Crippen LogP contribution in [-0.4, -0.2) is 27.2 Å². The molecular formula is C15H17IN2O3. The van der Waals surface area contributed by atoms with Gasteiger partial charge in [-0.25, -0.2) is 9.78 Å². The van der Waals surface area contributed by atoms with E-state index in [9.17, 15) is 9.90 Å². The van der Waals surface area contributed by atoms with Crippen LogP contribution in [0.25, 0.3) is 0 Å². The first-order chi connectivity index (χ1) is 9.95. The number of hydrogen-bond acceptors (Lipinski definition) is 4. The van der Waals surface area contributed by atoms with Crippen molar-refractivity contribution in [3.05, 3.63) is 51.6 Å². The molecule has 0 saturated heterocycles. The highest BCUT2D eigenvalue weighted by Crippen LogP contribution is 2.21. The van der Waals surface area contributed by atoms with Gasteiger partial charge in [0.15, 0.2) is 5.82 Å². The third-order valence-corrected chi connectivity index (χ3v) is 3.81. The number of rotatable bonds is 5. The molecule has 0 saturated carbocycles. The molecule has 112 valence electrons. The second-order valence-electron chi connectivity index (χ2n) is 4.80. The minimum atomic E-state index is -1.76. The van der Waals surface area contributed by atoms with Crippen molar-refractivity contribution in [1.29, 1.82) is 0 Å². The molecule has 0 spiro atoms. The Morgan fingerprint density at radius 2 is 2.10 bits per heavy atom. The molecule has 1 N–H and O–H groups in total. The lowest BCUT2D eigenvalue weighted by molar-refractivity contribution is -0.165. The molecule has 2 aromatic rings. The molecule has 0 aliphatic carbocycles. The highest BCUT2D eigenvalue weighted by Gasteiger charge is 2.38. The average Bonchev–Trinajstić information content (AvgIpc) is 2.90. The van der Waals surface area contributed by atoms with Crippen molar-refractivity contribution < 1.29 is 14.6 Å². The van der Waals surface area contributed by atoms with Crippen LogP contribution >= 0.6 is 22.6 Å². The van der Waals surface area contributed by atoms with Crippen molar-refractivity contribution >= 4 is 28.6 Å². The Morgan fingerprint density at radius 3 is 2.71 bits per heavy atom. The maximum absolute atomic E-state index is 11.9. The first-order valence-electron chi connectivity index (χ1n) is 6.60. The van der Waals surface area contributed by atoms with Gasteiger partial charge >= 0.3 is 5.97 Å². The fourth-order valence-electron chi connectivity index (χ4n) is 2.01. The molecule has 1 heterocycles. The van der Waals surface area contributed by atoms with E-state index in [4.69, 9.17) is 4.74 Å². The summed E-state index contributed by atoms with van der Waals surface area (Å²) < 4.78 is 7.81. The minimum absolute atomic E-state index is 0.215. The summed E-state index contributed by atoms with van der Waals surface area (Å²) in [5.41, 5.74) is -0.697. The number of carbonyl (C=O) groups excluding carboxylic acids is 1. The van der Waals surface area contributed by atoms with E-state index in [0.717, 1.165) is 9.13 Å². The number of halogens is 1. The molecule has 0 aliphatic rings. The molecular weight excluding hydrogens is 383 g/mol.